The molecule has 0 spiro atoms. The van der Waals surface area contributed by atoms with Gasteiger partial charge in [0, 0.05) is 42.2 Å². The van der Waals surface area contributed by atoms with E-state index in [1.807, 2.05) is 61.5 Å². The number of likely N-dealkylation sites (N-methyl/N-ethyl adjacent to an activating group) is 1. The molecule has 0 saturated carbocycles. The standard InChI is InChI=1S/C33H35Cl2N3O4S/c1-3-4-19-36-33(40)31(20-24-11-6-5-7-12-24)38(22-28-29(34)15-10-16-30(28)35)32(39)23-37(2)43(41,42)27-18-17-25-13-8-9-14-26(25)21-27/h5-18,21,31H,3-4,19-20,22-23H2,1-2H3,(H,36,40)/t31-/m1/s1. The molecule has 0 fully saturated rings. The lowest BCUT2D eigenvalue weighted by Crippen LogP contribution is -2.53. The molecule has 43 heavy (non-hydrogen) atoms. The van der Waals surface area contributed by atoms with Crippen LogP contribution in [0.3, 0.4) is 0 Å². The van der Waals surface area contributed by atoms with Gasteiger partial charge in [0.25, 0.3) is 0 Å². The minimum atomic E-state index is -4.04. The van der Waals surface area contributed by atoms with Crippen molar-refractivity contribution in [1.82, 2.24) is 14.5 Å². The van der Waals surface area contributed by atoms with Gasteiger partial charge in [-0.05, 0) is 47.0 Å². The van der Waals surface area contributed by atoms with Crippen molar-refractivity contribution in [2.45, 2.75) is 43.7 Å². The molecule has 226 valence electrons. The third-order valence-corrected chi connectivity index (χ3v) is 9.79. The molecule has 1 atom stereocenters. The Kier molecular flexibility index (Phi) is 11.2. The second-order valence-corrected chi connectivity index (χ2v) is 13.2. The number of nitrogens with zero attached hydrogens (tertiary/aromatic N) is 2. The zero-order valence-electron chi connectivity index (χ0n) is 24.2. The van der Waals surface area contributed by atoms with E-state index in [1.54, 1.807) is 30.3 Å². The topological polar surface area (TPSA) is 86.8 Å². The summed E-state index contributed by atoms with van der Waals surface area (Å²) in [7, 11) is -2.68. The van der Waals surface area contributed by atoms with Crippen molar-refractivity contribution in [1.29, 1.82) is 0 Å². The van der Waals surface area contributed by atoms with Gasteiger partial charge in [-0.25, -0.2) is 8.42 Å². The van der Waals surface area contributed by atoms with E-state index >= 15 is 0 Å². The monoisotopic (exact) mass is 639 g/mol. The molecule has 0 unspecified atom stereocenters. The predicted octanol–water partition coefficient (Wildman–Crippen LogP) is 6.32. The Morgan fingerprint density at radius 1 is 0.860 bits per heavy atom. The molecule has 0 aliphatic heterocycles. The van der Waals surface area contributed by atoms with Gasteiger partial charge < -0.3 is 10.2 Å². The zero-order valence-corrected chi connectivity index (χ0v) is 26.5. The third-order valence-electron chi connectivity index (χ3n) is 7.28. The summed E-state index contributed by atoms with van der Waals surface area (Å²) in [5.41, 5.74) is 1.32. The Bertz CT molecular complexity index is 1660. The molecule has 4 aromatic rings. The number of nitrogens with one attached hydrogen (secondary N) is 1. The van der Waals surface area contributed by atoms with Crippen LogP contribution in [0.25, 0.3) is 10.8 Å². The maximum Gasteiger partial charge on any atom is 0.243 e. The first-order valence-electron chi connectivity index (χ1n) is 14.1. The molecule has 0 aromatic heterocycles. The van der Waals surface area contributed by atoms with Crippen molar-refractivity contribution < 1.29 is 18.0 Å². The highest BCUT2D eigenvalue weighted by molar-refractivity contribution is 7.89. The summed E-state index contributed by atoms with van der Waals surface area (Å²) in [6.45, 7) is 1.89. The van der Waals surface area contributed by atoms with Crippen molar-refractivity contribution in [3.8, 4) is 0 Å². The van der Waals surface area contributed by atoms with E-state index < -0.39 is 28.5 Å². The Labute approximate surface area is 263 Å². The van der Waals surface area contributed by atoms with Crippen molar-refractivity contribution in [2.75, 3.05) is 20.1 Å². The summed E-state index contributed by atoms with van der Waals surface area (Å²) in [6, 6.07) is 25.7. The van der Waals surface area contributed by atoms with Crippen LogP contribution in [0, 0.1) is 0 Å². The number of carbonyl (C=O) groups is 2. The van der Waals surface area contributed by atoms with Crippen molar-refractivity contribution in [3.05, 3.63) is 112 Å². The summed E-state index contributed by atoms with van der Waals surface area (Å²) in [4.78, 5) is 29.2. The summed E-state index contributed by atoms with van der Waals surface area (Å²) < 4.78 is 28.2. The summed E-state index contributed by atoms with van der Waals surface area (Å²) >= 11 is 13.0. The smallest absolute Gasteiger partial charge is 0.243 e. The lowest BCUT2D eigenvalue weighted by Gasteiger charge is -2.33. The van der Waals surface area contributed by atoms with Gasteiger partial charge in [-0.15, -0.1) is 0 Å². The van der Waals surface area contributed by atoms with Crippen LogP contribution in [0.1, 0.15) is 30.9 Å². The van der Waals surface area contributed by atoms with Gasteiger partial charge in [-0.3, -0.25) is 9.59 Å². The Morgan fingerprint density at radius 3 is 2.19 bits per heavy atom. The molecule has 0 saturated heterocycles. The van der Waals surface area contributed by atoms with Gasteiger partial charge in [-0.2, -0.15) is 4.31 Å². The second-order valence-electron chi connectivity index (χ2n) is 10.3. The maximum absolute atomic E-state index is 14.1. The third kappa shape index (κ3) is 8.15. The molecule has 7 nitrogen and oxygen atoms in total. The van der Waals surface area contributed by atoms with Crippen LogP contribution in [0.15, 0.2) is 95.9 Å². The van der Waals surface area contributed by atoms with Crippen LogP contribution < -0.4 is 5.32 Å². The van der Waals surface area contributed by atoms with Crippen LogP contribution in [0.2, 0.25) is 10.0 Å². The maximum atomic E-state index is 14.1. The molecule has 0 heterocycles. The van der Waals surface area contributed by atoms with Crippen LogP contribution in [-0.2, 0) is 32.6 Å². The van der Waals surface area contributed by atoms with Gasteiger partial charge in [0.2, 0.25) is 21.8 Å². The minimum absolute atomic E-state index is 0.0698. The molecule has 0 bridgehead atoms. The predicted molar refractivity (Wildman–Crippen MR) is 173 cm³/mol. The normalized spacial score (nSPS) is 12.3. The fraction of sp³-hybridized carbons (Fsp3) is 0.273. The number of benzene rings is 4. The fourth-order valence-corrected chi connectivity index (χ4v) is 6.46. The molecular formula is C33H35Cl2N3O4S. The number of unbranched alkanes of at least 4 members (excludes halogenated alkanes) is 1. The number of sulfonamides is 1. The van der Waals surface area contributed by atoms with E-state index in [0.29, 0.717) is 22.2 Å². The van der Waals surface area contributed by atoms with Gasteiger partial charge >= 0.3 is 0 Å². The first kappa shape index (κ1) is 32.5. The van der Waals surface area contributed by atoms with Gasteiger partial charge in [0.15, 0.2) is 0 Å². The van der Waals surface area contributed by atoms with Gasteiger partial charge in [-0.1, -0.05) is 103 Å². The lowest BCUT2D eigenvalue weighted by atomic mass is 10.0. The Morgan fingerprint density at radius 2 is 1.51 bits per heavy atom. The molecule has 0 aliphatic rings. The lowest BCUT2D eigenvalue weighted by molar-refractivity contribution is -0.141. The van der Waals surface area contributed by atoms with Crippen LogP contribution in [0.4, 0.5) is 0 Å². The molecule has 1 N–H and O–H groups in total. The van der Waals surface area contributed by atoms with Gasteiger partial charge in [0.05, 0.1) is 11.4 Å². The largest absolute Gasteiger partial charge is 0.354 e. The first-order chi connectivity index (χ1) is 20.6. The number of halogens is 2. The number of amides is 2. The van der Waals surface area contributed by atoms with E-state index in [4.69, 9.17) is 23.2 Å². The SMILES string of the molecule is CCCCNC(=O)[C@@H](Cc1ccccc1)N(Cc1c(Cl)cccc1Cl)C(=O)CN(C)S(=O)(=O)c1ccc2ccccc2c1. The molecule has 2 amide bonds. The van der Waals surface area contributed by atoms with E-state index in [-0.39, 0.29) is 23.8 Å². The number of rotatable bonds is 13. The van der Waals surface area contributed by atoms with Crippen molar-refractivity contribution in [3.63, 3.8) is 0 Å². The highest BCUT2D eigenvalue weighted by Crippen LogP contribution is 2.28. The summed E-state index contributed by atoms with van der Waals surface area (Å²) in [5.74, 6) is -0.900. The van der Waals surface area contributed by atoms with Crippen LogP contribution >= 0.6 is 23.2 Å². The zero-order chi connectivity index (χ0) is 31.0. The molecule has 0 aliphatic carbocycles. The highest BCUT2D eigenvalue weighted by Gasteiger charge is 2.33. The van der Waals surface area contributed by atoms with E-state index in [9.17, 15) is 18.0 Å². The quantitative estimate of drug-likeness (QED) is 0.173. The second kappa shape index (κ2) is 14.8. The van der Waals surface area contributed by atoms with Crippen LogP contribution in [0.5, 0.6) is 0 Å². The number of hydrogen-bond acceptors (Lipinski definition) is 4. The molecule has 4 aromatic carbocycles. The summed E-state index contributed by atoms with van der Waals surface area (Å²) in [5, 5.41) is 5.30. The number of carbonyl (C=O) groups excluding carboxylic acids is 2. The van der Waals surface area contributed by atoms with E-state index in [2.05, 4.69) is 5.32 Å². The minimum Gasteiger partial charge on any atom is -0.354 e. The van der Waals surface area contributed by atoms with Crippen LogP contribution in [-0.4, -0.2) is 55.6 Å². The molecule has 0 radical (unpaired) electrons. The average Bonchev–Trinajstić information content (AvgIpc) is 3.00. The fourth-order valence-electron chi connectivity index (χ4n) is 4.79. The molecule has 10 heteroatoms. The molecule has 4 rings (SSSR count). The van der Waals surface area contributed by atoms with Crippen molar-refractivity contribution >= 4 is 55.8 Å². The Hall–Kier alpha value is -3.43. The highest BCUT2D eigenvalue weighted by atomic mass is 35.5. The van der Waals surface area contributed by atoms with Gasteiger partial charge in [0.1, 0.15) is 6.04 Å². The summed E-state index contributed by atoms with van der Waals surface area (Å²) in [6.07, 6.45) is 1.88. The average molecular weight is 641 g/mol. The van der Waals surface area contributed by atoms with Crippen molar-refractivity contribution in [2.24, 2.45) is 0 Å². The molecular weight excluding hydrogens is 605 g/mol. The van der Waals surface area contributed by atoms with E-state index in [0.717, 1.165) is 33.5 Å². The van der Waals surface area contributed by atoms with E-state index in [1.165, 1.54) is 18.0 Å². The Balaban J connectivity index is 1.69. The first-order valence-corrected chi connectivity index (χ1v) is 16.3. The number of fused-ring (bicyclic) bond motifs is 1. The number of hydrogen-bond donors (Lipinski definition) is 1.